The van der Waals surface area contributed by atoms with E-state index < -0.39 is 0 Å². The van der Waals surface area contributed by atoms with Crippen molar-refractivity contribution < 1.29 is 4.74 Å². The number of para-hydroxylation sites is 1. The maximum Gasteiger partial charge on any atom is 0.238 e. The minimum Gasteiger partial charge on any atom is -0.435 e. The number of nitrogens with one attached hydrogen (secondary N) is 1. The number of anilines is 1. The number of hydrogen-bond donors (Lipinski definition) is 1. The molecule has 1 aromatic heterocycles. The SMILES string of the molecule is Cc1ccc(Oc2cccc3c2NCCC3)nn1. The van der Waals surface area contributed by atoms with E-state index in [0.717, 1.165) is 30.1 Å². The normalized spacial score (nSPS) is 13.6. The Morgan fingerprint density at radius 1 is 1.17 bits per heavy atom. The van der Waals surface area contributed by atoms with Gasteiger partial charge in [-0.1, -0.05) is 12.1 Å². The molecule has 0 spiro atoms. The summed E-state index contributed by atoms with van der Waals surface area (Å²) in [6.07, 6.45) is 2.26. The van der Waals surface area contributed by atoms with Gasteiger partial charge >= 0.3 is 0 Å². The number of aromatic nitrogens is 2. The van der Waals surface area contributed by atoms with Crippen molar-refractivity contribution in [2.24, 2.45) is 0 Å². The van der Waals surface area contributed by atoms with Crippen molar-refractivity contribution in [2.75, 3.05) is 11.9 Å². The van der Waals surface area contributed by atoms with Crippen molar-refractivity contribution >= 4 is 5.69 Å². The van der Waals surface area contributed by atoms with E-state index in [0.29, 0.717) is 5.88 Å². The second kappa shape index (κ2) is 4.64. The van der Waals surface area contributed by atoms with Gasteiger partial charge in [-0.2, -0.15) is 5.10 Å². The van der Waals surface area contributed by atoms with Gasteiger partial charge in [0, 0.05) is 12.6 Å². The summed E-state index contributed by atoms with van der Waals surface area (Å²) in [6, 6.07) is 9.84. The Hall–Kier alpha value is -2.10. The van der Waals surface area contributed by atoms with Gasteiger partial charge in [-0.05, 0) is 37.5 Å². The fraction of sp³-hybridized carbons (Fsp3) is 0.286. The average Bonchev–Trinajstić information content (AvgIpc) is 2.42. The molecule has 2 aromatic rings. The van der Waals surface area contributed by atoms with E-state index in [1.165, 1.54) is 12.0 Å². The summed E-state index contributed by atoms with van der Waals surface area (Å²) in [5.41, 5.74) is 3.28. The summed E-state index contributed by atoms with van der Waals surface area (Å²) >= 11 is 0. The fourth-order valence-corrected chi connectivity index (χ4v) is 2.12. The lowest BCUT2D eigenvalue weighted by Crippen LogP contribution is -2.12. The van der Waals surface area contributed by atoms with Gasteiger partial charge in [-0.3, -0.25) is 0 Å². The van der Waals surface area contributed by atoms with E-state index in [1.807, 2.05) is 31.2 Å². The van der Waals surface area contributed by atoms with Crippen LogP contribution in [0, 0.1) is 6.92 Å². The van der Waals surface area contributed by atoms with Crippen molar-refractivity contribution in [3.8, 4) is 11.6 Å². The highest BCUT2D eigenvalue weighted by molar-refractivity contribution is 5.64. The zero-order valence-corrected chi connectivity index (χ0v) is 10.3. The molecule has 0 fully saturated rings. The zero-order chi connectivity index (χ0) is 12.4. The Morgan fingerprint density at radius 2 is 2.11 bits per heavy atom. The lowest BCUT2D eigenvalue weighted by molar-refractivity contribution is 0.454. The molecule has 1 aliphatic rings. The second-order valence-electron chi connectivity index (χ2n) is 4.44. The Labute approximate surface area is 106 Å². The molecule has 0 unspecified atom stereocenters. The molecule has 0 amide bonds. The van der Waals surface area contributed by atoms with Gasteiger partial charge in [0.25, 0.3) is 0 Å². The van der Waals surface area contributed by atoms with Crippen LogP contribution in [-0.4, -0.2) is 16.7 Å². The van der Waals surface area contributed by atoms with Crippen LogP contribution in [-0.2, 0) is 6.42 Å². The molecule has 0 radical (unpaired) electrons. The van der Waals surface area contributed by atoms with Gasteiger partial charge in [0.05, 0.1) is 11.4 Å². The average molecular weight is 241 g/mol. The van der Waals surface area contributed by atoms with Gasteiger partial charge in [0.1, 0.15) is 0 Å². The Morgan fingerprint density at radius 3 is 2.94 bits per heavy atom. The third kappa shape index (κ3) is 2.14. The topological polar surface area (TPSA) is 47.0 Å². The quantitative estimate of drug-likeness (QED) is 0.878. The predicted octanol–water partition coefficient (Wildman–Crippen LogP) is 2.94. The highest BCUT2D eigenvalue weighted by atomic mass is 16.5. The summed E-state index contributed by atoms with van der Waals surface area (Å²) in [7, 11) is 0. The standard InChI is InChI=1S/C14H15N3O/c1-10-7-8-13(17-16-10)18-12-6-2-4-11-5-3-9-15-14(11)12/h2,4,6-8,15H,3,5,9H2,1H3. The van der Waals surface area contributed by atoms with E-state index in [1.54, 1.807) is 0 Å². The minimum absolute atomic E-state index is 0.529. The first-order valence-corrected chi connectivity index (χ1v) is 6.17. The molecule has 18 heavy (non-hydrogen) atoms. The van der Waals surface area contributed by atoms with E-state index in [-0.39, 0.29) is 0 Å². The van der Waals surface area contributed by atoms with Gasteiger partial charge in [-0.25, -0.2) is 0 Å². The predicted molar refractivity (Wildman–Crippen MR) is 70.1 cm³/mol. The van der Waals surface area contributed by atoms with Crippen molar-refractivity contribution in [2.45, 2.75) is 19.8 Å². The van der Waals surface area contributed by atoms with Gasteiger partial charge < -0.3 is 10.1 Å². The van der Waals surface area contributed by atoms with E-state index >= 15 is 0 Å². The molecule has 4 nitrogen and oxygen atoms in total. The molecule has 0 aliphatic carbocycles. The molecule has 0 saturated carbocycles. The molecule has 0 bridgehead atoms. The molecule has 1 aromatic carbocycles. The maximum absolute atomic E-state index is 5.80. The van der Waals surface area contributed by atoms with E-state index in [9.17, 15) is 0 Å². The first-order valence-electron chi connectivity index (χ1n) is 6.17. The van der Waals surface area contributed by atoms with E-state index in [4.69, 9.17) is 4.74 Å². The van der Waals surface area contributed by atoms with Gasteiger partial charge in [-0.15, -0.1) is 5.10 Å². The number of aryl methyl sites for hydroxylation is 2. The number of fused-ring (bicyclic) bond motifs is 1. The zero-order valence-electron chi connectivity index (χ0n) is 10.3. The summed E-state index contributed by atoms with van der Waals surface area (Å²) in [4.78, 5) is 0. The molecule has 3 rings (SSSR count). The summed E-state index contributed by atoms with van der Waals surface area (Å²) in [6.45, 7) is 2.90. The van der Waals surface area contributed by atoms with Crippen molar-refractivity contribution in [3.63, 3.8) is 0 Å². The van der Waals surface area contributed by atoms with Gasteiger partial charge in [0.15, 0.2) is 5.75 Å². The Bertz CT molecular complexity index is 551. The molecule has 2 heterocycles. The van der Waals surface area contributed by atoms with Crippen molar-refractivity contribution in [1.82, 2.24) is 10.2 Å². The van der Waals surface area contributed by atoms with Crippen LogP contribution >= 0.6 is 0 Å². The van der Waals surface area contributed by atoms with E-state index in [2.05, 4.69) is 21.6 Å². The molecule has 1 aliphatic heterocycles. The molecule has 92 valence electrons. The number of ether oxygens (including phenoxy) is 1. The Kier molecular flexibility index (Phi) is 2.84. The summed E-state index contributed by atoms with van der Waals surface area (Å²) < 4.78 is 5.80. The van der Waals surface area contributed by atoms with Crippen LogP contribution in [0.2, 0.25) is 0 Å². The molecule has 0 saturated heterocycles. The van der Waals surface area contributed by atoms with Crippen LogP contribution in [0.25, 0.3) is 0 Å². The Balaban J connectivity index is 1.90. The first-order chi connectivity index (χ1) is 8.83. The van der Waals surface area contributed by atoms with Gasteiger partial charge in [0.2, 0.25) is 5.88 Å². The fourth-order valence-electron chi connectivity index (χ4n) is 2.12. The molecule has 1 N–H and O–H groups in total. The van der Waals surface area contributed by atoms with Crippen LogP contribution in [0.15, 0.2) is 30.3 Å². The highest BCUT2D eigenvalue weighted by Crippen LogP contribution is 2.34. The van der Waals surface area contributed by atoms with Crippen LogP contribution < -0.4 is 10.1 Å². The second-order valence-corrected chi connectivity index (χ2v) is 4.44. The highest BCUT2D eigenvalue weighted by Gasteiger charge is 2.14. The maximum atomic E-state index is 5.80. The molecule has 0 atom stereocenters. The van der Waals surface area contributed by atoms with Crippen LogP contribution in [0.3, 0.4) is 0 Å². The lowest BCUT2D eigenvalue weighted by Gasteiger charge is -2.20. The number of hydrogen-bond acceptors (Lipinski definition) is 4. The van der Waals surface area contributed by atoms with Crippen LogP contribution in [0.4, 0.5) is 5.69 Å². The minimum atomic E-state index is 0.529. The largest absolute Gasteiger partial charge is 0.435 e. The summed E-state index contributed by atoms with van der Waals surface area (Å²) in [5.74, 6) is 1.35. The van der Waals surface area contributed by atoms with Crippen LogP contribution in [0.1, 0.15) is 17.7 Å². The van der Waals surface area contributed by atoms with Crippen molar-refractivity contribution in [1.29, 1.82) is 0 Å². The number of benzene rings is 1. The van der Waals surface area contributed by atoms with Crippen molar-refractivity contribution in [3.05, 3.63) is 41.6 Å². The monoisotopic (exact) mass is 241 g/mol. The molecular formula is C14H15N3O. The smallest absolute Gasteiger partial charge is 0.238 e. The van der Waals surface area contributed by atoms with Crippen LogP contribution in [0.5, 0.6) is 11.6 Å². The molecule has 4 heteroatoms. The number of rotatable bonds is 2. The number of nitrogens with zero attached hydrogens (tertiary/aromatic N) is 2. The third-order valence-electron chi connectivity index (χ3n) is 3.03. The lowest BCUT2D eigenvalue weighted by atomic mass is 10.0. The first kappa shape index (κ1) is 11.0. The third-order valence-corrected chi connectivity index (χ3v) is 3.03. The summed E-state index contributed by atoms with van der Waals surface area (Å²) in [5, 5.41) is 11.4. The molecular weight excluding hydrogens is 226 g/mol.